The van der Waals surface area contributed by atoms with Gasteiger partial charge in [0.05, 0.1) is 6.42 Å². The number of nitrogens with zero attached hydrogens (tertiary/aromatic N) is 3. The predicted octanol–water partition coefficient (Wildman–Crippen LogP) is 0.171. The summed E-state index contributed by atoms with van der Waals surface area (Å²) in [6, 6.07) is 1.40. The van der Waals surface area contributed by atoms with Crippen molar-refractivity contribution in [3.63, 3.8) is 0 Å². The quantitative estimate of drug-likeness (QED) is 0.776. The van der Waals surface area contributed by atoms with Crippen LogP contribution >= 0.6 is 0 Å². The Morgan fingerprint density at radius 3 is 2.44 bits per heavy atom. The maximum atomic E-state index is 10.5. The number of hydrogen-bond donors (Lipinski definition) is 1. The predicted molar refractivity (Wildman–Crippen MR) is 70.8 cm³/mol. The first-order chi connectivity index (χ1) is 8.56. The van der Waals surface area contributed by atoms with Crippen LogP contribution in [-0.4, -0.2) is 84.2 Å². The molecule has 2 unspecified atom stereocenters. The summed E-state index contributed by atoms with van der Waals surface area (Å²) in [6.07, 6.45) is 1.54. The van der Waals surface area contributed by atoms with Crippen LogP contribution in [0.3, 0.4) is 0 Å². The summed E-state index contributed by atoms with van der Waals surface area (Å²) >= 11 is 0. The lowest BCUT2D eigenvalue weighted by Crippen LogP contribution is -2.51. The average Bonchev–Trinajstić information content (AvgIpc) is 2.68. The fourth-order valence-corrected chi connectivity index (χ4v) is 3.03. The lowest BCUT2D eigenvalue weighted by atomic mass is 10.1. The molecule has 2 heterocycles. The van der Waals surface area contributed by atoms with Gasteiger partial charge in [0.15, 0.2) is 0 Å². The van der Waals surface area contributed by atoms with Gasteiger partial charge in [0.25, 0.3) is 0 Å². The zero-order valence-electron chi connectivity index (χ0n) is 11.5. The van der Waals surface area contributed by atoms with Gasteiger partial charge in [-0.2, -0.15) is 0 Å². The molecule has 2 rings (SSSR count). The summed E-state index contributed by atoms with van der Waals surface area (Å²) in [5.74, 6) is -0.691. The minimum Gasteiger partial charge on any atom is -0.481 e. The van der Waals surface area contributed by atoms with Crippen molar-refractivity contribution in [1.29, 1.82) is 0 Å². The Morgan fingerprint density at radius 1 is 1.28 bits per heavy atom. The molecule has 5 heteroatoms. The molecular weight excluding hydrogens is 230 g/mol. The summed E-state index contributed by atoms with van der Waals surface area (Å²) in [4.78, 5) is 17.8. The number of likely N-dealkylation sites (N-methyl/N-ethyl adjacent to an activating group) is 1. The Hall–Kier alpha value is -0.650. The van der Waals surface area contributed by atoms with Crippen molar-refractivity contribution in [2.75, 3.05) is 46.3 Å². The lowest BCUT2D eigenvalue weighted by Gasteiger charge is -2.37. The number of carboxylic acid groups (broad SMARTS) is 1. The van der Waals surface area contributed by atoms with Gasteiger partial charge >= 0.3 is 5.97 Å². The highest BCUT2D eigenvalue weighted by Crippen LogP contribution is 2.21. The minimum absolute atomic E-state index is 0.267. The molecule has 0 saturated carbocycles. The highest BCUT2D eigenvalue weighted by molar-refractivity contribution is 5.66. The Bertz CT molecular complexity index is 280. The van der Waals surface area contributed by atoms with Gasteiger partial charge in [0.2, 0.25) is 0 Å². The van der Waals surface area contributed by atoms with Gasteiger partial charge in [0.1, 0.15) is 0 Å². The molecule has 0 bridgehead atoms. The van der Waals surface area contributed by atoms with Crippen LogP contribution in [0.1, 0.15) is 19.8 Å². The topological polar surface area (TPSA) is 47.0 Å². The number of piperazine rings is 1. The van der Waals surface area contributed by atoms with E-state index in [-0.39, 0.29) is 6.42 Å². The van der Waals surface area contributed by atoms with Crippen LogP contribution in [0.2, 0.25) is 0 Å². The van der Waals surface area contributed by atoms with Gasteiger partial charge in [-0.1, -0.05) is 0 Å². The summed E-state index contributed by atoms with van der Waals surface area (Å²) in [6.45, 7) is 8.38. The minimum atomic E-state index is -0.691. The molecule has 0 amide bonds. The van der Waals surface area contributed by atoms with Crippen molar-refractivity contribution in [3.05, 3.63) is 0 Å². The van der Waals surface area contributed by atoms with E-state index in [1.54, 1.807) is 0 Å². The Labute approximate surface area is 109 Å². The number of hydrogen-bond acceptors (Lipinski definition) is 4. The van der Waals surface area contributed by atoms with E-state index in [4.69, 9.17) is 5.11 Å². The highest BCUT2D eigenvalue weighted by Gasteiger charge is 2.32. The van der Waals surface area contributed by atoms with Crippen molar-refractivity contribution in [2.24, 2.45) is 0 Å². The summed E-state index contributed by atoms with van der Waals surface area (Å²) < 4.78 is 0. The smallest absolute Gasteiger partial charge is 0.304 e. The first kappa shape index (κ1) is 13.8. The summed E-state index contributed by atoms with van der Waals surface area (Å²) in [7, 11) is 2.20. The molecule has 0 spiro atoms. The van der Waals surface area contributed by atoms with Gasteiger partial charge < -0.3 is 14.9 Å². The summed E-state index contributed by atoms with van der Waals surface area (Å²) in [5.41, 5.74) is 0. The molecule has 1 N–H and O–H groups in total. The van der Waals surface area contributed by atoms with Gasteiger partial charge in [-0.05, 0) is 20.4 Å². The molecule has 2 aliphatic heterocycles. The zero-order chi connectivity index (χ0) is 13.1. The molecule has 5 nitrogen and oxygen atoms in total. The third kappa shape index (κ3) is 3.43. The van der Waals surface area contributed by atoms with E-state index in [0.717, 1.165) is 26.2 Å². The molecule has 0 aromatic rings. The molecule has 2 atom stereocenters. The number of carbonyl (C=O) groups is 1. The van der Waals surface area contributed by atoms with Gasteiger partial charge in [-0.25, -0.2) is 0 Å². The van der Waals surface area contributed by atoms with Crippen LogP contribution in [0.25, 0.3) is 0 Å². The molecule has 2 aliphatic rings. The first-order valence-corrected chi connectivity index (χ1v) is 6.94. The Morgan fingerprint density at radius 2 is 1.94 bits per heavy atom. The highest BCUT2D eigenvalue weighted by atomic mass is 16.4. The maximum Gasteiger partial charge on any atom is 0.304 e. The van der Waals surface area contributed by atoms with Crippen LogP contribution in [0.15, 0.2) is 0 Å². The van der Waals surface area contributed by atoms with Crippen LogP contribution < -0.4 is 0 Å². The van der Waals surface area contributed by atoms with Crippen LogP contribution in [0.5, 0.6) is 0 Å². The van der Waals surface area contributed by atoms with E-state index in [1.165, 1.54) is 13.0 Å². The third-order valence-electron chi connectivity index (χ3n) is 4.43. The second kappa shape index (κ2) is 5.99. The SMILES string of the molecule is CC1CC(N2CCN(CCC(=O)O)CC2)CN1C. The molecule has 0 aromatic heterocycles. The molecule has 2 saturated heterocycles. The molecule has 104 valence electrons. The fourth-order valence-electron chi connectivity index (χ4n) is 3.03. The van der Waals surface area contributed by atoms with E-state index in [1.807, 2.05) is 0 Å². The standard InChI is InChI=1S/C13H25N3O2/c1-11-9-12(10-14(11)2)16-7-5-15(6-8-16)4-3-13(17)18/h11-12H,3-10H2,1-2H3,(H,17,18). The Balaban J connectivity index is 1.72. The van der Waals surface area contributed by atoms with Crippen LogP contribution in [0.4, 0.5) is 0 Å². The lowest BCUT2D eigenvalue weighted by molar-refractivity contribution is -0.137. The van der Waals surface area contributed by atoms with Crippen molar-refractivity contribution in [3.8, 4) is 0 Å². The monoisotopic (exact) mass is 255 g/mol. The van der Waals surface area contributed by atoms with Gasteiger partial charge in [-0.3, -0.25) is 9.69 Å². The van der Waals surface area contributed by atoms with Gasteiger partial charge in [-0.15, -0.1) is 0 Å². The zero-order valence-corrected chi connectivity index (χ0v) is 11.5. The maximum absolute atomic E-state index is 10.5. The van der Waals surface area contributed by atoms with Gasteiger partial charge in [0, 0.05) is 51.4 Å². The number of carboxylic acids is 1. The largest absolute Gasteiger partial charge is 0.481 e. The van der Waals surface area contributed by atoms with E-state index in [2.05, 4.69) is 28.7 Å². The normalized spacial score (nSPS) is 31.9. The number of aliphatic carboxylic acids is 1. The number of rotatable bonds is 4. The van der Waals surface area contributed by atoms with Crippen LogP contribution in [0, 0.1) is 0 Å². The molecule has 0 aromatic carbocycles. The summed E-state index contributed by atoms with van der Waals surface area (Å²) in [5, 5.41) is 8.68. The molecule has 0 aliphatic carbocycles. The van der Waals surface area contributed by atoms with Crippen molar-refractivity contribution in [1.82, 2.24) is 14.7 Å². The van der Waals surface area contributed by atoms with Crippen LogP contribution in [-0.2, 0) is 4.79 Å². The van der Waals surface area contributed by atoms with E-state index in [0.29, 0.717) is 18.6 Å². The first-order valence-electron chi connectivity index (χ1n) is 6.94. The fraction of sp³-hybridized carbons (Fsp3) is 0.923. The number of likely N-dealkylation sites (tertiary alicyclic amines) is 1. The Kier molecular flexibility index (Phi) is 4.59. The van der Waals surface area contributed by atoms with Crippen molar-refractivity contribution < 1.29 is 9.90 Å². The van der Waals surface area contributed by atoms with E-state index >= 15 is 0 Å². The molecule has 2 fully saturated rings. The van der Waals surface area contributed by atoms with Crippen molar-refractivity contribution in [2.45, 2.75) is 31.8 Å². The molecular formula is C13H25N3O2. The average molecular weight is 255 g/mol. The third-order valence-corrected chi connectivity index (χ3v) is 4.43. The second-order valence-electron chi connectivity index (χ2n) is 5.70. The molecule has 18 heavy (non-hydrogen) atoms. The van der Waals surface area contributed by atoms with E-state index < -0.39 is 5.97 Å². The second-order valence-corrected chi connectivity index (χ2v) is 5.70. The molecule has 0 radical (unpaired) electrons. The van der Waals surface area contributed by atoms with E-state index in [9.17, 15) is 4.79 Å². The van der Waals surface area contributed by atoms with Crippen molar-refractivity contribution >= 4 is 5.97 Å².